The van der Waals surface area contributed by atoms with Gasteiger partial charge in [-0.2, -0.15) is 0 Å². The molecule has 0 amide bonds. The Bertz CT molecular complexity index is 1070. The van der Waals surface area contributed by atoms with E-state index in [1.54, 1.807) is 11.3 Å². The van der Waals surface area contributed by atoms with E-state index >= 15 is 0 Å². The summed E-state index contributed by atoms with van der Waals surface area (Å²) in [5.41, 5.74) is 3.52. The van der Waals surface area contributed by atoms with Crippen LogP contribution >= 0.6 is 23.7 Å². The predicted octanol–water partition coefficient (Wildman–Crippen LogP) is 6.75. The van der Waals surface area contributed by atoms with E-state index in [1.165, 1.54) is 11.3 Å². The Morgan fingerprint density at radius 2 is 1.62 bits per heavy atom. The van der Waals surface area contributed by atoms with Gasteiger partial charge in [-0.25, -0.2) is 4.99 Å². The molecule has 0 radical (unpaired) electrons. The number of nitrogens with zero attached hydrogens (tertiary/aromatic N) is 2. The van der Waals surface area contributed by atoms with Crippen LogP contribution < -0.4 is 14.9 Å². The summed E-state index contributed by atoms with van der Waals surface area (Å²) in [6.07, 6.45) is 2.11. The van der Waals surface area contributed by atoms with Crippen molar-refractivity contribution in [2.45, 2.75) is 64.6 Å². The summed E-state index contributed by atoms with van der Waals surface area (Å²) in [6, 6.07) is 19.1. The Hall–Kier alpha value is -2.08. The number of nitrogens with one attached hydrogen (secondary N) is 1. The number of hydrogen-bond donors (Lipinski definition) is 1. The molecule has 1 saturated heterocycles. The van der Waals surface area contributed by atoms with E-state index in [4.69, 9.17) is 9.73 Å². The van der Waals surface area contributed by atoms with Crippen molar-refractivity contribution >= 4 is 29.4 Å². The Kier molecular flexibility index (Phi) is 7.53. The summed E-state index contributed by atoms with van der Waals surface area (Å²) in [6.45, 7) is 11.9. The van der Waals surface area contributed by atoms with E-state index in [0.717, 1.165) is 29.1 Å². The fraction of sp³-hybridized carbons (Fsp3) is 0.423. The molecule has 4 rings (SSSR count). The second-order valence-corrected chi connectivity index (χ2v) is 10.5. The molecule has 0 saturated carbocycles. The molecular formula is C26H34ClN3OS. The second kappa shape index (κ2) is 9.82. The summed E-state index contributed by atoms with van der Waals surface area (Å²) >= 11 is 1.72. The standard InChI is InChI=1S/C26H33N3OS.ClH/c1-6-30-22-14-12-19(13-15-22)23-18-31-24(27-20-10-8-7-9-11-20)29(23)21-16-25(2,3)28-26(4,5)17-21;/h7-15,18,21,28H,6,16-17H2,1-5H3;1H. The maximum absolute atomic E-state index is 5.65. The van der Waals surface area contributed by atoms with Gasteiger partial charge in [-0.1, -0.05) is 18.2 Å². The first-order valence-electron chi connectivity index (χ1n) is 11.1. The van der Waals surface area contributed by atoms with Crippen LogP contribution in [0.1, 0.15) is 53.5 Å². The van der Waals surface area contributed by atoms with Crippen LogP contribution in [-0.2, 0) is 0 Å². The molecular weight excluding hydrogens is 438 g/mol. The number of benzene rings is 2. The zero-order valence-electron chi connectivity index (χ0n) is 19.6. The number of aromatic nitrogens is 1. The summed E-state index contributed by atoms with van der Waals surface area (Å²) in [5, 5.41) is 6.07. The van der Waals surface area contributed by atoms with Gasteiger partial charge in [0, 0.05) is 22.5 Å². The third-order valence-corrected chi connectivity index (χ3v) is 6.56. The molecule has 0 atom stereocenters. The highest BCUT2D eigenvalue weighted by atomic mass is 35.5. The van der Waals surface area contributed by atoms with Crippen LogP contribution in [0.25, 0.3) is 11.3 Å². The molecule has 0 bridgehead atoms. The summed E-state index contributed by atoms with van der Waals surface area (Å²) in [4.78, 5) is 6.09. The Morgan fingerprint density at radius 3 is 2.22 bits per heavy atom. The van der Waals surface area contributed by atoms with Gasteiger partial charge in [0.05, 0.1) is 18.0 Å². The molecule has 172 valence electrons. The quantitative estimate of drug-likeness (QED) is 0.446. The summed E-state index contributed by atoms with van der Waals surface area (Å²) in [5.74, 6) is 0.909. The molecule has 1 aliphatic heterocycles. The van der Waals surface area contributed by atoms with Crippen LogP contribution in [0.4, 0.5) is 5.69 Å². The molecule has 2 aromatic carbocycles. The second-order valence-electron chi connectivity index (χ2n) is 9.63. The first-order chi connectivity index (χ1) is 14.8. The molecule has 6 heteroatoms. The van der Waals surface area contributed by atoms with Crippen LogP contribution in [0.15, 0.2) is 65.0 Å². The number of hydrogen-bond acceptors (Lipinski definition) is 4. The lowest BCUT2D eigenvalue weighted by Gasteiger charge is -2.47. The van der Waals surface area contributed by atoms with Crippen molar-refractivity contribution in [2.24, 2.45) is 4.99 Å². The van der Waals surface area contributed by atoms with Crippen LogP contribution in [0, 0.1) is 0 Å². The summed E-state index contributed by atoms with van der Waals surface area (Å²) < 4.78 is 8.12. The van der Waals surface area contributed by atoms with Crippen molar-refractivity contribution < 1.29 is 4.74 Å². The molecule has 1 N–H and O–H groups in total. The fourth-order valence-corrected chi connectivity index (χ4v) is 5.90. The molecule has 0 aliphatic carbocycles. The minimum absolute atomic E-state index is 0. The number of rotatable bonds is 5. The van der Waals surface area contributed by atoms with Crippen molar-refractivity contribution in [3.63, 3.8) is 0 Å². The van der Waals surface area contributed by atoms with Gasteiger partial charge < -0.3 is 14.6 Å². The largest absolute Gasteiger partial charge is 0.494 e. The first kappa shape index (κ1) is 24.6. The van der Waals surface area contributed by atoms with Crippen LogP contribution in [0.5, 0.6) is 5.75 Å². The Balaban J connectivity index is 0.00000289. The molecule has 0 spiro atoms. The van der Waals surface area contributed by atoms with E-state index in [2.05, 4.69) is 79.4 Å². The lowest BCUT2D eigenvalue weighted by molar-refractivity contribution is 0.132. The topological polar surface area (TPSA) is 38.5 Å². The molecule has 0 unspecified atom stereocenters. The predicted molar refractivity (Wildman–Crippen MR) is 137 cm³/mol. The van der Waals surface area contributed by atoms with Crippen LogP contribution in [0.2, 0.25) is 0 Å². The van der Waals surface area contributed by atoms with E-state index in [9.17, 15) is 0 Å². The van der Waals surface area contributed by atoms with Gasteiger partial charge in [0.15, 0.2) is 4.80 Å². The number of thiazole rings is 1. The summed E-state index contributed by atoms with van der Waals surface area (Å²) in [7, 11) is 0. The Morgan fingerprint density at radius 1 is 1.00 bits per heavy atom. The van der Waals surface area contributed by atoms with Crippen molar-refractivity contribution in [3.8, 4) is 17.0 Å². The maximum Gasteiger partial charge on any atom is 0.190 e. The number of para-hydroxylation sites is 1. The van der Waals surface area contributed by atoms with E-state index in [1.807, 2.05) is 25.1 Å². The van der Waals surface area contributed by atoms with E-state index in [-0.39, 0.29) is 23.5 Å². The van der Waals surface area contributed by atoms with Crippen LogP contribution in [0.3, 0.4) is 0 Å². The highest BCUT2D eigenvalue weighted by Crippen LogP contribution is 2.38. The highest BCUT2D eigenvalue weighted by molar-refractivity contribution is 7.07. The van der Waals surface area contributed by atoms with E-state index in [0.29, 0.717) is 12.6 Å². The molecule has 1 aromatic heterocycles. The zero-order chi connectivity index (χ0) is 22.1. The average Bonchev–Trinajstić information content (AvgIpc) is 3.11. The van der Waals surface area contributed by atoms with Crippen molar-refractivity contribution in [3.05, 3.63) is 64.8 Å². The van der Waals surface area contributed by atoms with Gasteiger partial charge in [0.1, 0.15) is 5.75 Å². The highest BCUT2D eigenvalue weighted by Gasteiger charge is 2.39. The lowest BCUT2D eigenvalue weighted by Crippen LogP contribution is -2.58. The van der Waals surface area contributed by atoms with Gasteiger partial charge >= 0.3 is 0 Å². The number of piperidine rings is 1. The molecule has 2 heterocycles. The molecule has 32 heavy (non-hydrogen) atoms. The smallest absolute Gasteiger partial charge is 0.190 e. The lowest BCUT2D eigenvalue weighted by atomic mass is 9.79. The van der Waals surface area contributed by atoms with Gasteiger partial charge in [-0.05, 0) is 89.4 Å². The van der Waals surface area contributed by atoms with Crippen molar-refractivity contribution in [2.75, 3.05) is 6.61 Å². The van der Waals surface area contributed by atoms with Gasteiger partial charge in [0.2, 0.25) is 0 Å². The van der Waals surface area contributed by atoms with Gasteiger partial charge in [-0.15, -0.1) is 23.7 Å². The molecule has 3 aromatic rings. The molecule has 4 nitrogen and oxygen atoms in total. The maximum atomic E-state index is 5.65. The number of halogens is 1. The average molecular weight is 472 g/mol. The molecule has 1 fully saturated rings. The Labute approximate surface area is 201 Å². The van der Waals surface area contributed by atoms with Crippen molar-refractivity contribution in [1.29, 1.82) is 0 Å². The van der Waals surface area contributed by atoms with E-state index < -0.39 is 0 Å². The normalized spacial score (nSPS) is 18.2. The number of ether oxygens (including phenoxy) is 1. The minimum Gasteiger partial charge on any atom is -0.494 e. The monoisotopic (exact) mass is 471 g/mol. The van der Waals surface area contributed by atoms with Gasteiger partial charge in [-0.3, -0.25) is 0 Å². The SMILES string of the molecule is CCOc1ccc(-c2csc(=Nc3ccccc3)n2C2CC(C)(C)NC(C)(C)C2)cc1.Cl. The van der Waals surface area contributed by atoms with Crippen molar-refractivity contribution in [1.82, 2.24) is 9.88 Å². The first-order valence-corrected chi connectivity index (χ1v) is 12.0. The minimum atomic E-state index is 0. The van der Waals surface area contributed by atoms with Crippen LogP contribution in [-0.4, -0.2) is 22.3 Å². The third-order valence-electron chi connectivity index (χ3n) is 5.72. The molecule has 1 aliphatic rings. The fourth-order valence-electron chi connectivity index (χ4n) is 4.92. The zero-order valence-corrected chi connectivity index (χ0v) is 21.2. The third kappa shape index (κ3) is 5.64. The van der Waals surface area contributed by atoms with Gasteiger partial charge in [0.25, 0.3) is 0 Å².